The molecule has 3 nitrogen and oxygen atoms in total. The van der Waals surface area contributed by atoms with E-state index in [-0.39, 0.29) is 5.97 Å². The zero-order chi connectivity index (χ0) is 22.1. The van der Waals surface area contributed by atoms with Crippen molar-refractivity contribution < 1.29 is 9.53 Å². The van der Waals surface area contributed by atoms with Crippen LogP contribution in [0.2, 0.25) is 0 Å². The highest BCUT2D eigenvalue weighted by atomic mass is 32.1. The molecule has 0 saturated heterocycles. The van der Waals surface area contributed by atoms with Crippen molar-refractivity contribution in [3.63, 3.8) is 0 Å². The van der Waals surface area contributed by atoms with Gasteiger partial charge in [-0.05, 0) is 60.6 Å². The van der Waals surface area contributed by atoms with E-state index in [0.29, 0.717) is 18.1 Å². The molecule has 0 amide bonds. The van der Waals surface area contributed by atoms with E-state index >= 15 is 0 Å². The van der Waals surface area contributed by atoms with Crippen LogP contribution in [0.4, 0.5) is 0 Å². The Kier molecular flexibility index (Phi) is 8.84. The molecule has 1 aromatic heterocycles. The van der Waals surface area contributed by atoms with E-state index in [1.165, 1.54) is 31.2 Å². The number of esters is 1. The predicted octanol–water partition coefficient (Wildman–Crippen LogP) is 7.94. The lowest BCUT2D eigenvalue weighted by atomic mass is 10.0. The van der Waals surface area contributed by atoms with E-state index in [1.54, 1.807) is 11.3 Å². The SMILES string of the molecule is CCCCCCc1ccc(-c2ncc(-c3ccc(OC(=O)CCC(C)C)cc3)s2)cc1. The third-order valence-electron chi connectivity index (χ3n) is 5.32. The molecular weight excluding hydrogens is 402 g/mol. The summed E-state index contributed by atoms with van der Waals surface area (Å²) in [6.07, 6.45) is 9.54. The van der Waals surface area contributed by atoms with Crippen LogP contribution in [0, 0.1) is 5.92 Å². The third kappa shape index (κ3) is 7.32. The summed E-state index contributed by atoms with van der Waals surface area (Å²) in [4.78, 5) is 17.6. The summed E-state index contributed by atoms with van der Waals surface area (Å²) < 4.78 is 5.43. The monoisotopic (exact) mass is 435 g/mol. The second kappa shape index (κ2) is 11.8. The molecule has 3 rings (SSSR count). The number of aryl methyl sites for hydroxylation is 1. The van der Waals surface area contributed by atoms with Gasteiger partial charge in [-0.15, -0.1) is 11.3 Å². The lowest BCUT2D eigenvalue weighted by molar-refractivity contribution is -0.134. The van der Waals surface area contributed by atoms with Crippen LogP contribution in [-0.4, -0.2) is 11.0 Å². The molecular formula is C27H33NO2S. The van der Waals surface area contributed by atoms with E-state index in [0.717, 1.165) is 33.9 Å². The van der Waals surface area contributed by atoms with E-state index in [4.69, 9.17) is 4.74 Å². The van der Waals surface area contributed by atoms with Crippen molar-refractivity contribution in [2.75, 3.05) is 0 Å². The second-order valence-electron chi connectivity index (χ2n) is 8.47. The highest BCUT2D eigenvalue weighted by molar-refractivity contribution is 7.18. The highest BCUT2D eigenvalue weighted by Gasteiger charge is 2.09. The van der Waals surface area contributed by atoms with Crippen molar-refractivity contribution in [3.8, 4) is 26.8 Å². The molecule has 0 aliphatic rings. The van der Waals surface area contributed by atoms with Crippen molar-refractivity contribution in [2.45, 2.75) is 65.7 Å². The Bertz CT molecular complexity index is 942. The summed E-state index contributed by atoms with van der Waals surface area (Å²) in [5.41, 5.74) is 3.64. The lowest BCUT2D eigenvalue weighted by Gasteiger charge is -2.06. The molecule has 0 spiro atoms. The van der Waals surface area contributed by atoms with Crippen LogP contribution in [0.15, 0.2) is 54.7 Å². The maximum atomic E-state index is 11.9. The van der Waals surface area contributed by atoms with E-state index < -0.39 is 0 Å². The van der Waals surface area contributed by atoms with Crippen molar-refractivity contribution in [1.29, 1.82) is 0 Å². The number of unbranched alkanes of at least 4 members (excludes halogenated alkanes) is 3. The van der Waals surface area contributed by atoms with E-state index in [2.05, 4.69) is 50.0 Å². The van der Waals surface area contributed by atoms with Crippen LogP contribution in [-0.2, 0) is 11.2 Å². The van der Waals surface area contributed by atoms with Gasteiger partial charge < -0.3 is 4.74 Å². The van der Waals surface area contributed by atoms with Gasteiger partial charge >= 0.3 is 5.97 Å². The molecule has 2 aromatic carbocycles. The molecule has 0 saturated carbocycles. The largest absolute Gasteiger partial charge is 0.427 e. The minimum atomic E-state index is -0.171. The number of hydrogen-bond acceptors (Lipinski definition) is 4. The number of thiazole rings is 1. The molecule has 3 aromatic rings. The molecule has 0 radical (unpaired) electrons. The number of benzene rings is 2. The molecule has 0 aliphatic carbocycles. The Hall–Kier alpha value is -2.46. The van der Waals surface area contributed by atoms with Gasteiger partial charge in [-0.1, -0.05) is 64.3 Å². The summed E-state index contributed by atoms with van der Waals surface area (Å²) >= 11 is 1.68. The smallest absolute Gasteiger partial charge is 0.311 e. The van der Waals surface area contributed by atoms with Gasteiger partial charge in [0.15, 0.2) is 0 Å². The van der Waals surface area contributed by atoms with Gasteiger partial charge in [0.05, 0.1) is 4.88 Å². The zero-order valence-electron chi connectivity index (χ0n) is 18.9. The quantitative estimate of drug-likeness (QED) is 0.174. The summed E-state index contributed by atoms with van der Waals surface area (Å²) in [5.74, 6) is 0.921. The zero-order valence-corrected chi connectivity index (χ0v) is 19.7. The van der Waals surface area contributed by atoms with Gasteiger partial charge in [-0.3, -0.25) is 4.79 Å². The summed E-state index contributed by atoms with van der Waals surface area (Å²) in [6.45, 7) is 6.46. The summed E-state index contributed by atoms with van der Waals surface area (Å²) in [5, 5.41) is 1.02. The van der Waals surface area contributed by atoms with Crippen molar-refractivity contribution in [3.05, 3.63) is 60.3 Å². The van der Waals surface area contributed by atoms with Gasteiger partial charge in [-0.25, -0.2) is 4.98 Å². The fourth-order valence-corrected chi connectivity index (χ4v) is 4.31. The number of rotatable bonds is 11. The molecule has 0 unspecified atom stereocenters. The van der Waals surface area contributed by atoms with E-state index in [1.807, 2.05) is 30.5 Å². The maximum absolute atomic E-state index is 11.9. The minimum Gasteiger partial charge on any atom is -0.427 e. The average molecular weight is 436 g/mol. The summed E-state index contributed by atoms with van der Waals surface area (Å²) in [6, 6.07) is 16.5. The molecule has 0 aliphatic heterocycles. The van der Waals surface area contributed by atoms with Crippen LogP contribution in [0.3, 0.4) is 0 Å². The molecule has 164 valence electrons. The third-order valence-corrected chi connectivity index (χ3v) is 6.42. The first kappa shape index (κ1) is 23.2. The molecule has 0 atom stereocenters. The minimum absolute atomic E-state index is 0.171. The Morgan fingerprint density at radius 1 is 0.968 bits per heavy atom. The Morgan fingerprint density at radius 3 is 2.35 bits per heavy atom. The number of hydrogen-bond donors (Lipinski definition) is 0. The van der Waals surface area contributed by atoms with Crippen LogP contribution in [0.1, 0.15) is 64.9 Å². The van der Waals surface area contributed by atoms with Gasteiger partial charge in [-0.2, -0.15) is 0 Å². The molecule has 1 heterocycles. The number of aromatic nitrogens is 1. The number of carbonyl (C=O) groups is 1. The lowest BCUT2D eigenvalue weighted by Crippen LogP contribution is -2.08. The maximum Gasteiger partial charge on any atom is 0.311 e. The Labute approximate surface area is 190 Å². The van der Waals surface area contributed by atoms with Crippen molar-refractivity contribution in [2.24, 2.45) is 5.92 Å². The number of carbonyl (C=O) groups excluding carboxylic acids is 1. The topological polar surface area (TPSA) is 39.2 Å². The standard InChI is InChI=1S/C27H33NO2S/c1-4-5-6-7-8-21-10-12-23(13-11-21)27-28-19-25(31-27)22-14-16-24(17-15-22)30-26(29)18-9-20(2)3/h10-17,19-20H,4-9,18H2,1-3H3. The van der Waals surface area contributed by atoms with Crippen LogP contribution in [0.25, 0.3) is 21.0 Å². The van der Waals surface area contributed by atoms with Crippen LogP contribution in [0.5, 0.6) is 5.75 Å². The van der Waals surface area contributed by atoms with Gasteiger partial charge in [0.2, 0.25) is 0 Å². The van der Waals surface area contributed by atoms with Crippen LogP contribution < -0.4 is 4.74 Å². The van der Waals surface area contributed by atoms with Gasteiger partial charge in [0, 0.05) is 18.2 Å². The van der Waals surface area contributed by atoms with Gasteiger partial charge in [0.1, 0.15) is 10.8 Å². The summed E-state index contributed by atoms with van der Waals surface area (Å²) in [7, 11) is 0. The van der Waals surface area contributed by atoms with Crippen LogP contribution >= 0.6 is 11.3 Å². The van der Waals surface area contributed by atoms with Crippen molar-refractivity contribution >= 4 is 17.3 Å². The first-order valence-electron chi connectivity index (χ1n) is 11.4. The fourth-order valence-electron chi connectivity index (χ4n) is 3.39. The second-order valence-corrected chi connectivity index (χ2v) is 9.50. The van der Waals surface area contributed by atoms with Gasteiger partial charge in [0.25, 0.3) is 0 Å². The molecule has 0 N–H and O–H groups in total. The van der Waals surface area contributed by atoms with E-state index in [9.17, 15) is 4.79 Å². The molecule has 31 heavy (non-hydrogen) atoms. The first-order chi connectivity index (χ1) is 15.0. The Balaban J connectivity index is 1.58. The molecule has 0 bridgehead atoms. The fraction of sp³-hybridized carbons (Fsp3) is 0.407. The predicted molar refractivity (Wildman–Crippen MR) is 131 cm³/mol. The number of ether oxygens (including phenoxy) is 1. The molecule has 0 fully saturated rings. The normalized spacial score (nSPS) is 11.1. The Morgan fingerprint density at radius 2 is 1.68 bits per heavy atom. The molecule has 4 heteroatoms. The van der Waals surface area contributed by atoms with Crippen molar-refractivity contribution in [1.82, 2.24) is 4.98 Å². The number of nitrogens with zero attached hydrogens (tertiary/aromatic N) is 1. The first-order valence-corrected chi connectivity index (χ1v) is 12.2. The highest BCUT2D eigenvalue weighted by Crippen LogP contribution is 2.33. The average Bonchev–Trinajstić information content (AvgIpc) is 3.26.